The number of halogens is 1. The van der Waals surface area contributed by atoms with E-state index in [9.17, 15) is 9.59 Å². The quantitative estimate of drug-likeness (QED) is 0.360. The monoisotopic (exact) mass is 489 g/mol. The molecule has 1 heterocycles. The third-order valence-electron chi connectivity index (χ3n) is 4.64. The summed E-state index contributed by atoms with van der Waals surface area (Å²) in [4.78, 5) is 30.0. The molecule has 0 saturated heterocycles. The second-order valence-electron chi connectivity index (χ2n) is 6.80. The zero-order valence-electron chi connectivity index (χ0n) is 16.9. The van der Waals surface area contributed by atoms with E-state index in [1.807, 2.05) is 49.4 Å². The Morgan fingerprint density at radius 1 is 1.27 bits per heavy atom. The Labute approximate surface area is 188 Å². The van der Waals surface area contributed by atoms with E-state index < -0.39 is 0 Å². The first kappa shape index (κ1) is 22.5. The van der Waals surface area contributed by atoms with Gasteiger partial charge in [-0.25, -0.2) is 4.98 Å². The molecule has 0 aliphatic heterocycles. The van der Waals surface area contributed by atoms with Gasteiger partial charge in [0, 0.05) is 23.8 Å². The first-order chi connectivity index (χ1) is 14.5. The van der Waals surface area contributed by atoms with E-state index in [4.69, 9.17) is 4.74 Å². The molecule has 0 spiro atoms. The Hall–Kier alpha value is -2.16. The normalized spacial score (nSPS) is 12.1. The maximum absolute atomic E-state index is 13.0. The molecule has 3 aromatic rings. The predicted molar refractivity (Wildman–Crippen MR) is 124 cm³/mol. The van der Waals surface area contributed by atoms with Crippen LogP contribution in [0.1, 0.15) is 24.9 Å². The van der Waals surface area contributed by atoms with Crippen molar-refractivity contribution in [3.8, 4) is 0 Å². The smallest absolute Gasteiger partial charge is 0.262 e. The number of rotatable bonds is 9. The van der Waals surface area contributed by atoms with E-state index in [0.29, 0.717) is 41.4 Å². The molecule has 0 aliphatic rings. The fourth-order valence-corrected chi connectivity index (χ4v) is 4.36. The summed E-state index contributed by atoms with van der Waals surface area (Å²) >= 11 is 4.81. The van der Waals surface area contributed by atoms with E-state index in [2.05, 4.69) is 26.2 Å². The lowest BCUT2D eigenvalue weighted by Crippen LogP contribution is -2.27. The first-order valence-electron chi connectivity index (χ1n) is 9.65. The molecule has 30 heavy (non-hydrogen) atoms. The van der Waals surface area contributed by atoms with Gasteiger partial charge in [-0.2, -0.15) is 0 Å². The molecule has 0 aliphatic carbocycles. The van der Waals surface area contributed by atoms with Gasteiger partial charge in [0.2, 0.25) is 5.91 Å². The zero-order chi connectivity index (χ0) is 21.5. The number of nitrogens with zero attached hydrogens (tertiary/aromatic N) is 2. The van der Waals surface area contributed by atoms with Gasteiger partial charge in [-0.05, 0) is 30.7 Å². The molecule has 1 N–H and O–H groups in total. The van der Waals surface area contributed by atoms with Crippen molar-refractivity contribution in [2.24, 2.45) is 0 Å². The highest BCUT2D eigenvalue weighted by molar-refractivity contribution is 9.10. The molecule has 1 aromatic heterocycles. The summed E-state index contributed by atoms with van der Waals surface area (Å²) in [6.07, 6.45) is 0.334. The molecule has 0 bridgehead atoms. The third-order valence-corrected chi connectivity index (χ3v) is 6.11. The van der Waals surface area contributed by atoms with Crippen molar-refractivity contribution in [3.05, 3.63) is 68.9 Å². The van der Waals surface area contributed by atoms with Gasteiger partial charge < -0.3 is 10.1 Å². The Morgan fingerprint density at radius 3 is 2.77 bits per heavy atom. The third kappa shape index (κ3) is 5.71. The largest absolute Gasteiger partial charge is 0.383 e. The minimum Gasteiger partial charge on any atom is -0.383 e. The van der Waals surface area contributed by atoms with Crippen LogP contribution in [0.2, 0.25) is 0 Å². The molecule has 3 rings (SSSR count). The number of methoxy groups -OCH3 is 1. The Bertz CT molecular complexity index is 1070. The summed E-state index contributed by atoms with van der Waals surface area (Å²) < 4.78 is 7.60. The number of hydrogen-bond donors (Lipinski definition) is 1. The van der Waals surface area contributed by atoms with Gasteiger partial charge in [0.05, 0.1) is 30.1 Å². The van der Waals surface area contributed by atoms with E-state index >= 15 is 0 Å². The molecule has 158 valence electrons. The Kier molecular flexibility index (Phi) is 8.07. The van der Waals surface area contributed by atoms with Crippen molar-refractivity contribution in [3.63, 3.8) is 0 Å². The van der Waals surface area contributed by atoms with Gasteiger partial charge in [0.1, 0.15) is 0 Å². The second kappa shape index (κ2) is 10.7. The molecular formula is C22H24BrN3O3S. The van der Waals surface area contributed by atoms with Crippen molar-refractivity contribution < 1.29 is 9.53 Å². The van der Waals surface area contributed by atoms with Crippen molar-refractivity contribution in [2.45, 2.75) is 31.1 Å². The molecule has 8 heteroatoms. The number of aromatic nitrogens is 2. The minimum atomic E-state index is -0.108. The van der Waals surface area contributed by atoms with E-state index in [0.717, 1.165) is 10.0 Å². The topological polar surface area (TPSA) is 73.2 Å². The van der Waals surface area contributed by atoms with Crippen molar-refractivity contribution in [2.75, 3.05) is 19.5 Å². The lowest BCUT2D eigenvalue weighted by molar-refractivity contribution is -0.121. The number of nitrogens with one attached hydrogen (secondary N) is 1. The van der Waals surface area contributed by atoms with Crippen LogP contribution in [0, 0.1) is 0 Å². The highest BCUT2D eigenvalue weighted by atomic mass is 79.9. The van der Waals surface area contributed by atoms with E-state index in [1.165, 1.54) is 11.8 Å². The number of fused-ring (bicyclic) bond motifs is 1. The van der Waals surface area contributed by atoms with E-state index in [1.54, 1.807) is 17.7 Å². The van der Waals surface area contributed by atoms with Crippen molar-refractivity contribution in [1.82, 2.24) is 14.9 Å². The van der Waals surface area contributed by atoms with Crippen LogP contribution in [0.3, 0.4) is 0 Å². The van der Waals surface area contributed by atoms with Gasteiger partial charge in [0.25, 0.3) is 5.56 Å². The van der Waals surface area contributed by atoms with Crippen LogP contribution in [0.4, 0.5) is 0 Å². The van der Waals surface area contributed by atoms with Crippen LogP contribution in [-0.4, -0.2) is 34.9 Å². The number of benzene rings is 2. The maximum Gasteiger partial charge on any atom is 0.262 e. The molecule has 0 fully saturated rings. The van der Waals surface area contributed by atoms with Gasteiger partial charge in [-0.1, -0.05) is 58.0 Å². The van der Waals surface area contributed by atoms with Crippen molar-refractivity contribution in [1.29, 1.82) is 0 Å². The fraction of sp³-hybridized carbons (Fsp3) is 0.318. The summed E-state index contributed by atoms with van der Waals surface area (Å²) in [5.74, 6) is 0.490. The Balaban J connectivity index is 1.69. The average molecular weight is 490 g/mol. The molecule has 2 aromatic carbocycles. The molecule has 0 saturated carbocycles. The Morgan fingerprint density at radius 2 is 2.03 bits per heavy atom. The fourth-order valence-electron chi connectivity index (χ4n) is 3.04. The lowest BCUT2D eigenvalue weighted by Gasteiger charge is -2.15. The number of carbonyl (C=O) groups excluding carboxylic acids is 1. The SMILES string of the molecule is COCCn1c(SCCC(=O)N[C@H](C)c2ccccc2)nc2ccc(Br)cc2c1=O. The molecule has 0 radical (unpaired) electrons. The van der Waals surface area contributed by atoms with Crippen LogP contribution >= 0.6 is 27.7 Å². The summed E-state index contributed by atoms with van der Waals surface area (Å²) in [5.41, 5.74) is 1.60. The number of ether oxygens (including phenoxy) is 1. The van der Waals surface area contributed by atoms with Crippen LogP contribution in [0.5, 0.6) is 0 Å². The van der Waals surface area contributed by atoms with Gasteiger partial charge >= 0.3 is 0 Å². The molecule has 1 amide bonds. The minimum absolute atomic E-state index is 0.0330. The standard InChI is InChI=1S/C22H24BrN3O3S/c1-15(16-6-4-3-5-7-16)24-20(27)10-13-30-22-25-19-9-8-17(23)14-18(19)21(28)26(22)11-12-29-2/h3-9,14-15H,10-13H2,1-2H3,(H,24,27)/t15-/m1/s1. The number of hydrogen-bond acceptors (Lipinski definition) is 5. The average Bonchev–Trinajstić information content (AvgIpc) is 2.74. The van der Waals surface area contributed by atoms with Crippen LogP contribution in [0.15, 0.2) is 63.0 Å². The van der Waals surface area contributed by atoms with Gasteiger partial charge in [0.15, 0.2) is 5.16 Å². The van der Waals surface area contributed by atoms with Crippen molar-refractivity contribution >= 4 is 44.5 Å². The molecular weight excluding hydrogens is 466 g/mol. The number of carbonyl (C=O) groups is 1. The summed E-state index contributed by atoms with van der Waals surface area (Å²) in [6.45, 7) is 2.78. The van der Waals surface area contributed by atoms with Crippen LogP contribution < -0.4 is 10.9 Å². The van der Waals surface area contributed by atoms with Gasteiger partial charge in [-0.3, -0.25) is 14.2 Å². The zero-order valence-corrected chi connectivity index (χ0v) is 19.3. The summed E-state index contributed by atoms with van der Waals surface area (Å²) in [5, 5.41) is 4.16. The number of thioether (sulfide) groups is 1. The summed E-state index contributed by atoms with van der Waals surface area (Å²) in [7, 11) is 1.60. The summed E-state index contributed by atoms with van der Waals surface area (Å²) in [6, 6.07) is 15.3. The van der Waals surface area contributed by atoms with Crippen LogP contribution in [-0.2, 0) is 16.1 Å². The highest BCUT2D eigenvalue weighted by Gasteiger charge is 2.14. The first-order valence-corrected chi connectivity index (χ1v) is 11.4. The van der Waals surface area contributed by atoms with E-state index in [-0.39, 0.29) is 17.5 Å². The van der Waals surface area contributed by atoms with Crippen LogP contribution in [0.25, 0.3) is 10.9 Å². The predicted octanol–water partition coefficient (Wildman–Crippen LogP) is 4.17. The highest BCUT2D eigenvalue weighted by Crippen LogP contribution is 2.21. The molecule has 6 nitrogen and oxygen atoms in total. The van der Waals surface area contributed by atoms with Gasteiger partial charge in [-0.15, -0.1) is 0 Å². The lowest BCUT2D eigenvalue weighted by atomic mass is 10.1. The second-order valence-corrected chi connectivity index (χ2v) is 8.78. The molecule has 1 atom stereocenters. The number of amides is 1. The maximum atomic E-state index is 13.0. The molecule has 0 unspecified atom stereocenters.